The Kier molecular flexibility index (Phi) is 4.31. The summed E-state index contributed by atoms with van der Waals surface area (Å²) in [5.41, 5.74) is 5.01. The third-order valence-corrected chi connectivity index (χ3v) is 4.35. The molecule has 0 amide bonds. The van der Waals surface area contributed by atoms with Crippen molar-refractivity contribution in [2.24, 2.45) is 0 Å². The van der Waals surface area contributed by atoms with E-state index >= 15 is 0 Å². The van der Waals surface area contributed by atoms with Crippen LogP contribution in [0.4, 0.5) is 5.69 Å². The molecule has 0 aromatic heterocycles. The van der Waals surface area contributed by atoms with Crippen LogP contribution in [0.25, 0.3) is 0 Å². The fourth-order valence-corrected chi connectivity index (χ4v) is 2.23. The monoisotopic (exact) mass is 323 g/mol. The Labute approximate surface area is 121 Å². The highest BCUT2D eigenvalue weighted by atomic mass is 79.9. The fraction of sp³-hybridized carbons (Fsp3) is 0.200. The van der Waals surface area contributed by atoms with E-state index in [2.05, 4.69) is 53.3 Å². The SMILES string of the molecule is Cc1cccc(CNc2ccc(Br)c(Cl)c2)c1C. The fourth-order valence-electron chi connectivity index (χ4n) is 1.81. The first-order valence-corrected chi connectivity index (χ1v) is 6.99. The first-order chi connectivity index (χ1) is 8.58. The van der Waals surface area contributed by atoms with Crippen LogP contribution in [0.2, 0.25) is 5.02 Å². The summed E-state index contributed by atoms with van der Waals surface area (Å²) < 4.78 is 0.918. The Bertz CT molecular complexity index is 566. The van der Waals surface area contributed by atoms with Gasteiger partial charge in [-0.1, -0.05) is 29.8 Å². The molecule has 0 saturated heterocycles. The maximum Gasteiger partial charge on any atom is 0.0568 e. The van der Waals surface area contributed by atoms with Crippen molar-refractivity contribution in [3.63, 3.8) is 0 Å². The van der Waals surface area contributed by atoms with Crippen molar-refractivity contribution >= 4 is 33.2 Å². The van der Waals surface area contributed by atoms with Crippen LogP contribution < -0.4 is 5.32 Å². The summed E-state index contributed by atoms with van der Waals surface area (Å²) in [6.45, 7) is 5.10. The summed E-state index contributed by atoms with van der Waals surface area (Å²) in [5, 5.41) is 4.11. The van der Waals surface area contributed by atoms with Gasteiger partial charge in [0.05, 0.1) is 5.02 Å². The Morgan fingerprint density at radius 2 is 1.94 bits per heavy atom. The zero-order valence-corrected chi connectivity index (χ0v) is 12.8. The third-order valence-electron chi connectivity index (χ3n) is 3.12. The van der Waals surface area contributed by atoms with E-state index in [0.717, 1.165) is 21.7 Å². The number of anilines is 1. The van der Waals surface area contributed by atoms with Gasteiger partial charge in [0.2, 0.25) is 0 Å². The van der Waals surface area contributed by atoms with Crippen LogP contribution in [-0.4, -0.2) is 0 Å². The largest absolute Gasteiger partial charge is 0.381 e. The van der Waals surface area contributed by atoms with Crippen molar-refractivity contribution in [1.29, 1.82) is 0 Å². The third kappa shape index (κ3) is 3.06. The van der Waals surface area contributed by atoms with Crippen LogP contribution in [0.1, 0.15) is 16.7 Å². The Balaban J connectivity index is 2.11. The van der Waals surface area contributed by atoms with Crippen LogP contribution >= 0.6 is 27.5 Å². The second-order valence-electron chi connectivity index (χ2n) is 4.34. The average molecular weight is 325 g/mol. The summed E-state index contributed by atoms with van der Waals surface area (Å²) in [7, 11) is 0. The maximum absolute atomic E-state index is 6.07. The molecule has 0 spiro atoms. The van der Waals surface area contributed by atoms with Gasteiger partial charge in [-0.05, 0) is 64.7 Å². The van der Waals surface area contributed by atoms with Gasteiger partial charge in [-0.3, -0.25) is 0 Å². The smallest absolute Gasteiger partial charge is 0.0568 e. The molecule has 2 aromatic rings. The van der Waals surface area contributed by atoms with Crippen molar-refractivity contribution in [2.45, 2.75) is 20.4 Å². The molecule has 94 valence electrons. The molecule has 0 bridgehead atoms. The Morgan fingerprint density at radius 1 is 1.17 bits per heavy atom. The number of hydrogen-bond acceptors (Lipinski definition) is 1. The van der Waals surface area contributed by atoms with E-state index in [1.807, 2.05) is 18.2 Å². The van der Waals surface area contributed by atoms with Gasteiger partial charge in [0.15, 0.2) is 0 Å². The lowest BCUT2D eigenvalue weighted by Gasteiger charge is -2.11. The molecule has 0 atom stereocenters. The van der Waals surface area contributed by atoms with Gasteiger partial charge in [-0.2, -0.15) is 0 Å². The highest BCUT2D eigenvalue weighted by molar-refractivity contribution is 9.10. The van der Waals surface area contributed by atoms with Gasteiger partial charge < -0.3 is 5.32 Å². The molecule has 3 heteroatoms. The van der Waals surface area contributed by atoms with Crippen LogP contribution in [0, 0.1) is 13.8 Å². The van der Waals surface area contributed by atoms with Crippen molar-refractivity contribution in [2.75, 3.05) is 5.32 Å². The summed E-state index contributed by atoms with van der Waals surface area (Å²) in [6.07, 6.45) is 0. The molecule has 0 unspecified atom stereocenters. The predicted octanol–water partition coefficient (Wildman–Crippen LogP) is 5.33. The molecule has 0 fully saturated rings. The van der Waals surface area contributed by atoms with Gasteiger partial charge in [0.1, 0.15) is 0 Å². The standard InChI is InChI=1S/C15H15BrClN/c1-10-4-3-5-12(11(10)2)9-18-13-6-7-14(16)15(17)8-13/h3-8,18H,9H2,1-2H3. The summed E-state index contributed by atoms with van der Waals surface area (Å²) in [6, 6.07) is 12.3. The zero-order chi connectivity index (χ0) is 13.1. The number of halogens is 2. The van der Waals surface area contributed by atoms with Gasteiger partial charge in [0.25, 0.3) is 0 Å². The van der Waals surface area contributed by atoms with E-state index in [9.17, 15) is 0 Å². The van der Waals surface area contributed by atoms with E-state index in [-0.39, 0.29) is 0 Å². The van der Waals surface area contributed by atoms with E-state index in [1.165, 1.54) is 16.7 Å². The predicted molar refractivity (Wildman–Crippen MR) is 82.4 cm³/mol. The quantitative estimate of drug-likeness (QED) is 0.804. The van der Waals surface area contributed by atoms with Crippen LogP contribution in [0.3, 0.4) is 0 Å². The lowest BCUT2D eigenvalue weighted by atomic mass is 10.0. The van der Waals surface area contributed by atoms with Crippen molar-refractivity contribution in [1.82, 2.24) is 0 Å². The highest BCUT2D eigenvalue weighted by Crippen LogP contribution is 2.26. The second-order valence-corrected chi connectivity index (χ2v) is 5.60. The molecule has 0 aliphatic rings. The maximum atomic E-state index is 6.07. The van der Waals surface area contributed by atoms with Gasteiger partial charge in [0, 0.05) is 16.7 Å². The Hall–Kier alpha value is -0.990. The minimum atomic E-state index is 0.723. The van der Waals surface area contributed by atoms with Gasteiger partial charge in [-0.15, -0.1) is 0 Å². The molecule has 2 aromatic carbocycles. The molecule has 18 heavy (non-hydrogen) atoms. The number of hydrogen-bond donors (Lipinski definition) is 1. The first kappa shape index (κ1) is 13.4. The van der Waals surface area contributed by atoms with Crippen molar-refractivity contribution in [3.8, 4) is 0 Å². The molecular formula is C15H15BrClN. The van der Waals surface area contributed by atoms with E-state index in [4.69, 9.17) is 11.6 Å². The number of benzene rings is 2. The molecule has 0 heterocycles. The van der Waals surface area contributed by atoms with E-state index < -0.39 is 0 Å². The molecule has 0 aliphatic heterocycles. The summed E-state index contributed by atoms with van der Waals surface area (Å²) in [5.74, 6) is 0. The van der Waals surface area contributed by atoms with Crippen LogP contribution in [-0.2, 0) is 6.54 Å². The Morgan fingerprint density at radius 3 is 2.67 bits per heavy atom. The molecule has 0 saturated carbocycles. The van der Waals surface area contributed by atoms with Gasteiger partial charge in [-0.25, -0.2) is 0 Å². The van der Waals surface area contributed by atoms with Crippen LogP contribution in [0.15, 0.2) is 40.9 Å². The van der Waals surface area contributed by atoms with Crippen LogP contribution in [0.5, 0.6) is 0 Å². The van der Waals surface area contributed by atoms with Gasteiger partial charge >= 0.3 is 0 Å². The molecule has 0 aliphatic carbocycles. The minimum absolute atomic E-state index is 0.723. The molecule has 1 N–H and O–H groups in total. The van der Waals surface area contributed by atoms with E-state index in [1.54, 1.807) is 0 Å². The molecule has 2 rings (SSSR count). The van der Waals surface area contributed by atoms with E-state index in [0.29, 0.717) is 0 Å². The molecule has 1 nitrogen and oxygen atoms in total. The lowest BCUT2D eigenvalue weighted by Crippen LogP contribution is -2.02. The molecular weight excluding hydrogens is 310 g/mol. The normalized spacial score (nSPS) is 10.4. The topological polar surface area (TPSA) is 12.0 Å². The van der Waals surface area contributed by atoms with Crippen molar-refractivity contribution in [3.05, 3.63) is 62.6 Å². The number of rotatable bonds is 3. The minimum Gasteiger partial charge on any atom is -0.381 e. The number of nitrogens with one attached hydrogen (secondary N) is 1. The highest BCUT2D eigenvalue weighted by Gasteiger charge is 2.02. The summed E-state index contributed by atoms with van der Waals surface area (Å²) in [4.78, 5) is 0. The lowest BCUT2D eigenvalue weighted by molar-refractivity contribution is 1.10. The summed E-state index contributed by atoms with van der Waals surface area (Å²) >= 11 is 9.45. The van der Waals surface area contributed by atoms with Crippen molar-refractivity contribution < 1.29 is 0 Å². The molecule has 0 radical (unpaired) electrons. The number of aryl methyl sites for hydroxylation is 1. The average Bonchev–Trinajstić information content (AvgIpc) is 2.35. The zero-order valence-electron chi connectivity index (χ0n) is 10.4. The second kappa shape index (κ2) is 5.77. The first-order valence-electron chi connectivity index (χ1n) is 5.82.